The monoisotopic (exact) mass is 425 g/mol. The molecule has 1 unspecified atom stereocenters. The van der Waals surface area contributed by atoms with Gasteiger partial charge in [0, 0.05) is 13.2 Å². The largest absolute Gasteiger partial charge is 0.380 e. The summed E-state index contributed by atoms with van der Waals surface area (Å²) in [6.45, 7) is 2.92. The van der Waals surface area contributed by atoms with Gasteiger partial charge in [0.1, 0.15) is 0 Å². The molecule has 1 aliphatic rings. The van der Waals surface area contributed by atoms with E-state index in [0.717, 1.165) is 0 Å². The fourth-order valence-corrected chi connectivity index (χ4v) is 4.79. The van der Waals surface area contributed by atoms with Crippen LogP contribution in [0.15, 0.2) is 72.8 Å². The van der Waals surface area contributed by atoms with Crippen LogP contribution < -0.4 is 0 Å². The van der Waals surface area contributed by atoms with Gasteiger partial charge >= 0.3 is 0 Å². The van der Waals surface area contributed by atoms with Gasteiger partial charge in [-0.15, -0.1) is 0 Å². The number of hydrogen-bond acceptors (Lipinski definition) is 2. The van der Waals surface area contributed by atoms with Gasteiger partial charge in [0.15, 0.2) is 0 Å². The molecule has 0 heterocycles. The second kappa shape index (κ2) is 10.3. The smallest absolute Gasteiger partial charge is 0.0719 e. The zero-order valence-electron chi connectivity index (χ0n) is 19.9. The van der Waals surface area contributed by atoms with Gasteiger partial charge in [-0.2, -0.15) is 0 Å². The lowest BCUT2D eigenvalue weighted by Gasteiger charge is -2.23. The van der Waals surface area contributed by atoms with E-state index in [1.54, 1.807) is 18.2 Å². The minimum absolute atomic E-state index is 0.397. The van der Waals surface area contributed by atoms with Gasteiger partial charge in [0.2, 0.25) is 0 Å². The molecular formula is C30H35NO. The molecular weight excluding hydrogens is 390 g/mol. The Morgan fingerprint density at radius 2 is 1.41 bits per heavy atom. The number of benzene rings is 4. The molecule has 2 nitrogen and oxygen atoms in total. The highest BCUT2D eigenvalue weighted by atomic mass is 16.5. The van der Waals surface area contributed by atoms with E-state index in [0.29, 0.717) is 12.6 Å². The molecule has 0 radical (unpaired) electrons. The van der Waals surface area contributed by atoms with Crippen LogP contribution in [-0.2, 0) is 24.2 Å². The summed E-state index contributed by atoms with van der Waals surface area (Å²) < 4.78 is 5.57. The SMILES string of the molecule is COCc1cc2c3c(ccc2c2ccc(C(C)N(C)C)cc12)CCCC3.c1ccccc1. The fraction of sp³-hybridized carbons (Fsp3) is 0.333. The topological polar surface area (TPSA) is 12.5 Å². The molecule has 0 fully saturated rings. The summed E-state index contributed by atoms with van der Waals surface area (Å²) in [6, 6.07) is 26.5. The van der Waals surface area contributed by atoms with Crippen LogP contribution in [0.3, 0.4) is 0 Å². The quantitative estimate of drug-likeness (QED) is 0.317. The Bertz CT molecular complexity index is 1150. The van der Waals surface area contributed by atoms with E-state index in [1.807, 2.05) is 36.4 Å². The molecule has 4 aromatic carbocycles. The second-order valence-electron chi connectivity index (χ2n) is 9.07. The van der Waals surface area contributed by atoms with E-state index < -0.39 is 0 Å². The summed E-state index contributed by atoms with van der Waals surface area (Å²) in [5, 5.41) is 5.53. The Morgan fingerprint density at radius 1 is 0.781 bits per heavy atom. The minimum atomic E-state index is 0.397. The van der Waals surface area contributed by atoms with Gasteiger partial charge in [-0.05, 0) is 103 Å². The van der Waals surface area contributed by atoms with E-state index in [-0.39, 0.29) is 0 Å². The van der Waals surface area contributed by atoms with E-state index in [1.165, 1.54) is 58.4 Å². The van der Waals surface area contributed by atoms with E-state index >= 15 is 0 Å². The molecule has 2 heteroatoms. The van der Waals surface area contributed by atoms with Crippen molar-refractivity contribution in [3.8, 4) is 0 Å². The van der Waals surface area contributed by atoms with Gasteiger partial charge in [0.05, 0.1) is 6.61 Å². The third kappa shape index (κ3) is 4.72. The maximum absolute atomic E-state index is 5.57. The van der Waals surface area contributed by atoms with Crippen LogP contribution in [0.2, 0.25) is 0 Å². The summed E-state index contributed by atoms with van der Waals surface area (Å²) in [5.74, 6) is 0. The predicted octanol–water partition coefficient (Wildman–Crippen LogP) is 7.33. The number of ether oxygens (including phenoxy) is 1. The second-order valence-corrected chi connectivity index (χ2v) is 9.07. The highest BCUT2D eigenvalue weighted by Gasteiger charge is 2.17. The van der Waals surface area contributed by atoms with Gasteiger partial charge in [-0.3, -0.25) is 0 Å². The highest BCUT2D eigenvalue weighted by molar-refractivity contribution is 6.10. The molecule has 0 aromatic heterocycles. The van der Waals surface area contributed by atoms with Crippen molar-refractivity contribution < 1.29 is 4.74 Å². The van der Waals surface area contributed by atoms with Gasteiger partial charge in [0.25, 0.3) is 0 Å². The van der Waals surface area contributed by atoms with Crippen LogP contribution in [0, 0.1) is 0 Å². The Balaban J connectivity index is 0.000000354. The molecule has 1 aliphatic carbocycles. The molecule has 0 saturated carbocycles. The number of rotatable bonds is 4. The fourth-order valence-electron chi connectivity index (χ4n) is 4.79. The molecule has 32 heavy (non-hydrogen) atoms. The molecule has 5 rings (SSSR count). The van der Waals surface area contributed by atoms with E-state index in [9.17, 15) is 0 Å². The molecule has 4 aromatic rings. The van der Waals surface area contributed by atoms with Crippen molar-refractivity contribution in [2.24, 2.45) is 0 Å². The van der Waals surface area contributed by atoms with Gasteiger partial charge in [-0.25, -0.2) is 0 Å². The lowest BCUT2D eigenvalue weighted by atomic mass is 9.85. The number of nitrogens with zero attached hydrogens (tertiary/aromatic N) is 1. The number of fused-ring (bicyclic) bond motifs is 5. The number of hydrogen-bond donors (Lipinski definition) is 0. The lowest BCUT2D eigenvalue weighted by molar-refractivity contribution is 0.186. The van der Waals surface area contributed by atoms with Crippen molar-refractivity contribution in [1.29, 1.82) is 0 Å². The first-order chi connectivity index (χ1) is 15.6. The van der Waals surface area contributed by atoms with E-state index in [2.05, 4.69) is 62.3 Å². The molecule has 0 amide bonds. The first-order valence-corrected chi connectivity index (χ1v) is 11.8. The standard InChI is InChI=1S/C24H29NO.C6H6/c1-16(25(2)3)18-10-12-21-22-11-9-17-7-5-6-8-20(17)24(22)14-19(15-26-4)23(21)13-18;1-2-4-6-5-3-1/h9-14,16H,5-8,15H2,1-4H3;1-6H. The third-order valence-electron chi connectivity index (χ3n) is 6.80. The van der Waals surface area contributed by atoms with Crippen LogP contribution in [0.4, 0.5) is 0 Å². The Labute approximate surface area is 192 Å². The zero-order valence-corrected chi connectivity index (χ0v) is 19.9. The summed E-state index contributed by atoms with van der Waals surface area (Å²) in [6.07, 6.45) is 5.06. The average Bonchev–Trinajstić information content (AvgIpc) is 2.85. The molecule has 0 spiro atoms. The highest BCUT2D eigenvalue weighted by Crippen LogP contribution is 2.36. The van der Waals surface area contributed by atoms with Crippen LogP contribution in [0.5, 0.6) is 0 Å². The predicted molar refractivity (Wildman–Crippen MR) is 137 cm³/mol. The van der Waals surface area contributed by atoms with Crippen molar-refractivity contribution in [2.45, 2.75) is 45.3 Å². The molecule has 0 bridgehead atoms. The Kier molecular flexibility index (Phi) is 7.24. The van der Waals surface area contributed by atoms with E-state index in [4.69, 9.17) is 4.74 Å². The van der Waals surface area contributed by atoms with Crippen molar-refractivity contribution in [3.63, 3.8) is 0 Å². The molecule has 0 saturated heterocycles. The van der Waals surface area contributed by atoms with Crippen LogP contribution >= 0.6 is 0 Å². The Hall–Kier alpha value is -2.68. The summed E-state index contributed by atoms with van der Waals surface area (Å²) in [7, 11) is 6.07. The number of aryl methyl sites for hydroxylation is 2. The summed E-state index contributed by atoms with van der Waals surface area (Å²) in [4.78, 5) is 2.26. The lowest BCUT2D eigenvalue weighted by Crippen LogP contribution is -2.16. The van der Waals surface area contributed by atoms with Crippen molar-refractivity contribution in [2.75, 3.05) is 21.2 Å². The minimum Gasteiger partial charge on any atom is -0.380 e. The maximum atomic E-state index is 5.57. The van der Waals surface area contributed by atoms with Crippen LogP contribution in [0.1, 0.15) is 48.1 Å². The zero-order chi connectivity index (χ0) is 22.5. The maximum Gasteiger partial charge on any atom is 0.0719 e. The van der Waals surface area contributed by atoms with Crippen LogP contribution in [0.25, 0.3) is 21.5 Å². The molecule has 166 valence electrons. The molecule has 0 aliphatic heterocycles. The van der Waals surface area contributed by atoms with Crippen molar-refractivity contribution in [3.05, 3.63) is 95.1 Å². The Morgan fingerprint density at radius 3 is 2.06 bits per heavy atom. The van der Waals surface area contributed by atoms with Gasteiger partial charge < -0.3 is 9.64 Å². The normalized spacial score (nSPS) is 14.2. The molecule has 0 N–H and O–H groups in total. The summed E-state index contributed by atoms with van der Waals surface area (Å²) >= 11 is 0. The first kappa shape index (κ1) is 22.5. The van der Waals surface area contributed by atoms with Crippen molar-refractivity contribution in [1.82, 2.24) is 4.90 Å². The first-order valence-electron chi connectivity index (χ1n) is 11.8. The molecule has 1 atom stereocenters. The van der Waals surface area contributed by atoms with Crippen molar-refractivity contribution >= 4 is 21.5 Å². The van der Waals surface area contributed by atoms with Crippen LogP contribution in [-0.4, -0.2) is 26.1 Å². The third-order valence-corrected chi connectivity index (χ3v) is 6.80. The summed E-state index contributed by atoms with van der Waals surface area (Å²) in [5.41, 5.74) is 5.78. The average molecular weight is 426 g/mol. The van der Waals surface area contributed by atoms with Gasteiger partial charge in [-0.1, -0.05) is 60.7 Å². The number of methoxy groups -OCH3 is 1.